The Labute approximate surface area is 169 Å². The maximum atomic E-state index is 12.5. The van der Waals surface area contributed by atoms with Gasteiger partial charge in [0.25, 0.3) is 5.91 Å². The van der Waals surface area contributed by atoms with Crippen LogP contribution in [0, 0.1) is 0 Å². The Balaban J connectivity index is 1.54. The fourth-order valence-electron chi connectivity index (χ4n) is 2.97. The van der Waals surface area contributed by atoms with Crippen LogP contribution in [0.2, 0.25) is 0 Å². The lowest BCUT2D eigenvalue weighted by Gasteiger charge is -2.26. The zero-order valence-electron chi connectivity index (χ0n) is 16.6. The lowest BCUT2D eigenvalue weighted by molar-refractivity contribution is -0.114. The van der Waals surface area contributed by atoms with Gasteiger partial charge in [0.15, 0.2) is 0 Å². The molecule has 8 heteroatoms. The number of rotatable bonds is 7. The SMILES string of the molecule is COc1ccc(OC)c(NC(=O)CNc2ccc(C(=O)N3CCOCC3)cc2)c1. The maximum absolute atomic E-state index is 12.5. The molecule has 2 amide bonds. The normalized spacial score (nSPS) is 13.5. The van der Waals surface area contributed by atoms with Gasteiger partial charge < -0.3 is 29.7 Å². The van der Waals surface area contributed by atoms with Crippen LogP contribution in [-0.2, 0) is 9.53 Å². The number of methoxy groups -OCH3 is 2. The molecule has 1 aliphatic heterocycles. The van der Waals surface area contributed by atoms with Crippen LogP contribution >= 0.6 is 0 Å². The van der Waals surface area contributed by atoms with E-state index in [0.717, 1.165) is 5.69 Å². The minimum Gasteiger partial charge on any atom is -0.497 e. The molecule has 2 N–H and O–H groups in total. The van der Waals surface area contributed by atoms with Crippen molar-refractivity contribution in [3.63, 3.8) is 0 Å². The van der Waals surface area contributed by atoms with E-state index in [4.69, 9.17) is 14.2 Å². The van der Waals surface area contributed by atoms with Crippen molar-refractivity contribution in [2.24, 2.45) is 0 Å². The summed E-state index contributed by atoms with van der Waals surface area (Å²) in [7, 11) is 3.10. The number of carbonyl (C=O) groups excluding carboxylic acids is 2. The minimum atomic E-state index is -0.231. The number of benzene rings is 2. The summed E-state index contributed by atoms with van der Waals surface area (Å²) >= 11 is 0. The second-order valence-electron chi connectivity index (χ2n) is 6.45. The molecule has 1 saturated heterocycles. The van der Waals surface area contributed by atoms with Crippen molar-refractivity contribution in [1.82, 2.24) is 4.90 Å². The molecule has 2 aromatic carbocycles. The molecule has 0 atom stereocenters. The van der Waals surface area contributed by atoms with Crippen LogP contribution in [0.4, 0.5) is 11.4 Å². The highest BCUT2D eigenvalue weighted by atomic mass is 16.5. The molecular formula is C21H25N3O5. The predicted octanol–water partition coefficient (Wildman–Crippen LogP) is 2.23. The summed E-state index contributed by atoms with van der Waals surface area (Å²) in [6.45, 7) is 2.41. The number of nitrogens with one attached hydrogen (secondary N) is 2. The number of amides is 2. The Hall–Kier alpha value is -3.26. The van der Waals surface area contributed by atoms with Crippen LogP contribution in [0.25, 0.3) is 0 Å². The Morgan fingerprint density at radius 1 is 1.03 bits per heavy atom. The van der Waals surface area contributed by atoms with E-state index in [1.807, 2.05) is 0 Å². The van der Waals surface area contributed by atoms with Crippen molar-refractivity contribution in [2.45, 2.75) is 0 Å². The standard InChI is InChI=1S/C21H25N3O5/c1-27-17-7-8-19(28-2)18(13-17)23-20(25)14-22-16-5-3-15(4-6-16)21(26)24-9-11-29-12-10-24/h3-8,13,22H,9-12,14H2,1-2H3,(H,23,25). The van der Waals surface area contributed by atoms with Crippen LogP contribution in [0.15, 0.2) is 42.5 Å². The molecule has 0 unspecified atom stereocenters. The van der Waals surface area contributed by atoms with Crippen molar-refractivity contribution in [1.29, 1.82) is 0 Å². The van der Waals surface area contributed by atoms with Gasteiger partial charge in [0.1, 0.15) is 11.5 Å². The topological polar surface area (TPSA) is 89.1 Å². The van der Waals surface area contributed by atoms with Gasteiger partial charge in [0.2, 0.25) is 5.91 Å². The van der Waals surface area contributed by atoms with Crippen molar-refractivity contribution in [2.75, 3.05) is 57.7 Å². The lowest BCUT2D eigenvalue weighted by atomic mass is 10.1. The average molecular weight is 399 g/mol. The Morgan fingerprint density at radius 2 is 1.76 bits per heavy atom. The first-order valence-corrected chi connectivity index (χ1v) is 9.33. The zero-order chi connectivity index (χ0) is 20.6. The van der Waals surface area contributed by atoms with Crippen molar-refractivity contribution in [3.05, 3.63) is 48.0 Å². The predicted molar refractivity (Wildman–Crippen MR) is 110 cm³/mol. The highest BCUT2D eigenvalue weighted by Crippen LogP contribution is 2.28. The molecule has 0 bridgehead atoms. The highest BCUT2D eigenvalue weighted by Gasteiger charge is 2.18. The molecule has 8 nitrogen and oxygen atoms in total. The van der Waals surface area contributed by atoms with Gasteiger partial charge in [-0.15, -0.1) is 0 Å². The highest BCUT2D eigenvalue weighted by molar-refractivity contribution is 5.96. The third kappa shape index (κ3) is 5.39. The number of ether oxygens (including phenoxy) is 3. The molecule has 0 spiro atoms. The first-order valence-electron chi connectivity index (χ1n) is 9.33. The van der Waals surface area contributed by atoms with Gasteiger partial charge in [-0.25, -0.2) is 0 Å². The third-order valence-corrected chi connectivity index (χ3v) is 4.56. The van der Waals surface area contributed by atoms with E-state index in [9.17, 15) is 9.59 Å². The summed E-state index contributed by atoms with van der Waals surface area (Å²) in [6.07, 6.45) is 0. The molecule has 1 aliphatic rings. The quantitative estimate of drug-likeness (QED) is 0.742. The number of hydrogen-bond donors (Lipinski definition) is 2. The van der Waals surface area contributed by atoms with E-state index < -0.39 is 0 Å². The van der Waals surface area contributed by atoms with Gasteiger partial charge in [-0.2, -0.15) is 0 Å². The van der Waals surface area contributed by atoms with Crippen molar-refractivity contribution in [3.8, 4) is 11.5 Å². The second-order valence-corrected chi connectivity index (χ2v) is 6.45. The van der Waals surface area contributed by atoms with Crippen molar-refractivity contribution >= 4 is 23.2 Å². The van der Waals surface area contributed by atoms with Gasteiger partial charge in [-0.1, -0.05) is 0 Å². The maximum Gasteiger partial charge on any atom is 0.254 e. The summed E-state index contributed by atoms with van der Waals surface area (Å²) in [5, 5.41) is 5.85. The van der Waals surface area contributed by atoms with E-state index in [-0.39, 0.29) is 18.4 Å². The van der Waals surface area contributed by atoms with Gasteiger partial charge in [-0.3, -0.25) is 9.59 Å². The number of anilines is 2. The van der Waals surface area contributed by atoms with Gasteiger partial charge in [0, 0.05) is 30.4 Å². The molecule has 0 aliphatic carbocycles. The van der Waals surface area contributed by atoms with Crippen LogP contribution in [-0.4, -0.2) is 63.8 Å². The monoisotopic (exact) mass is 399 g/mol. The number of morpholine rings is 1. The molecule has 3 rings (SSSR count). The van der Waals surface area contributed by atoms with E-state index >= 15 is 0 Å². The van der Waals surface area contributed by atoms with E-state index in [0.29, 0.717) is 49.1 Å². The van der Waals surface area contributed by atoms with Crippen LogP contribution in [0.1, 0.15) is 10.4 Å². The Bertz CT molecular complexity index is 848. The molecule has 1 fully saturated rings. The molecule has 154 valence electrons. The van der Waals surface area contributed by atoms with Gasteiger partial charge in [-0.05, 0) is 36.4 Å². The second kappa shape index (κ2) is 9.79. The fourth-order valence-corrected chi connectivity index (χ4v) is 2.97. The third-order valence-electron chi connectivity index (χ3n) is 4.56. The zero-order valence-corrected chi connectivity index (χ0v) is 16.6. The number of hydrogen-bond acceptors (Lipinski definition) is 6. The summed E-state index contributed by atoms with van der Waals surface area (Å²) in [5.41, 5.74) is 1.89. The Kier molecular flexibility index (Phi) is 6.91. The molecular weight excluding hydrogens is 374 g/mol. The largest absolute Gasteiger partial charge is 0.497 e. The Morgan fingerprint density at radius 3 is 2.41 bits per heavy atom. The van der Waals surface area contributed by atoms with E-state index in [2.05, 4.69) is 10.6 Å². The lowest BCUT2D eigenvalue weighted by Crippen LogP contribution is -2.40. The summed E-state index contributed by atoms with van der Waals surface area (Å²) in [5.74, 6) is 0.924. The summed E-state index contributed by atoms with van der Waals surface area (Å²) < 4.78 is 15.7. The number of carbonyl (C=O) groups is 2. The van der Waals surface area contributed by atoms with E-state index in [1.54, 1.807) is 54.5 Å². The number of nitrogens with zero attached hydrogens (tertiary/aromatic N) is 1. The summed E-state index contributed by atoms with van der Waals surface area (Å²) in [4.78, 5) is 26.5. The molecule has 1 heterocycles. The molecule has 29 heavy (non-hydrogen) atoms. The van der Waals surface area contributed by atoms with Crippen LogP contribution in [0.5, 0.6) is 11.5 Å². The van der Waals surface area contributed by atoms with Gasteiger partial charge in [0.05, 0.1) is 39.7 Å². The molecule has 0 radical (unpaired) electrons. The molecule has 2 aromatic rings. The fraction of sp³-hybridized carbons (Fsp3) is 0.333. The average Bonchev–Trinajstić information content (AvgIpc) is 2.78. The first kappa shape index (κ1) is 20.5. The van der Waals surface area contributed by atoms with E-state index in [1.165, 1.54) is 7.11 Å². The first-order chi connectivity index (χ1) is 14.1. The van der Waals surface area contributed by atoms with Crippen LogP contribution < -0.4 is 20.1 Å². The molecule has 0 saturated carbocycles. The van der Waals surface area contributed by atoms with Gasteiger partial charge >= 0.3 is 0 Å². The summed E-state index contributed by atoms with van der Waals surface area (Å²) in [6, 6.07) is 12.3. The molecule has 0 aromatic heterocycles. The van der Waals surface area contributed by atoms with Crippen LogP contribution in [0.3, 0.4) is 0 Å². The van der Waals surface area contributed by atoms with Crippen molar-refractivity contribution < 1.29 is 23.8 Å². The smallest absolute Gasteiger partial charge is 0.254 e. The minimum absolute atomic E-state index is 0.0114.